The predicted octanol–water partition coefficient (Wildman–Crippen LogP) is 2.21. The minimum absolute atomic E-state index is 0.282. The van der Waals surface area contributed by atoms with E-state index in [2.05, 4.69) is 34.6 Å². The molecule has 1 amide bonds. The lowest BCUT2D eigenvalue weighted by Crippen LogP contribution is -2.32. The van der Waals surface area contributed by atoms with Crippen LogP contribution in [0, 0.1) is 11.8 Å². The normalized spacial score (nSPS) is 13.7. The summed E-state index contributed by atoms with van der Waals surface area (Å²) in [5.41, 5.74) is 3.20. The monoisotopic (exact) mass is 286 g/mol. The Labute approximate surface area is 126 Å². The van der Waals surface area contributed by atoms with Gasteiger partial charge in [0.2, 0.25) is 0 Å². The molecule has 0 saturated carbocycles. The lowest BCUT2D eigenvalue weighted by molar-refractivity contribution is 0.0535. The maximum atomic E-state index is 11.5. The van der Waals surface area contributed by atoms with Crippen molar-refractivity contribution < 1.29 is 9.53 Å². The van der Waals surface area contributed by atoms with Crippen LogP contribution < -0.4 is 10.6 Å². The molecule has 0 aromatic heterocycles. The third-order valence-electron chi connectivity index (χ3n) is 3.05. The van der Waals surface area contributed by atoms with E-state index in [1.165, 1.54) is 11.1 Å². The molecule has 0 fully saturated rings. The second kappa shape index (κ2) is 6.64. The van der Waals surface area contributed by atoms with Crippen molar-refractivity contribution in [3.63, 3.8) is 0 Å². The number of fused-ring (bicyclic) bond motifs is 1. The van der Waals surface area contributed by atoms with E-state index in [0.29, 0.717) is 0 Å². The van der Waals surface area contributed by atoms with Crippen molar-refractivity contribution in [3.8, 4) is 11.8 Å². The van der Waals surface area contributed by atoms with E-state index in [0.717, 1.165) is 25.1 Å². The van der Waals surface area contributed by atoms with Gasteiger partial charge in [-0.3, -0.25) is 0 Å². The molecule has 0 saturated heterocycles. The number of carbonyl (C=O) groups excluding carboxylic acids is 1. The minimum atomic E-state index is -0.483. The molecule has 2 rings (SSSR count). The highest BCUT2D eigenvalue weighted by molar-refractivity contribution is 5.68. The molecule has 0 spiro atoms. The largest absolute Gasteiger partial charge is 0.444 e. The van der Waals surface area contributed by atoms with Crippen LogP contribution in [-0.4, -0.2) is 24.8 Å². The summed E-state index contributed by atoms with van der Waals surface area (Å²) in [6, 6.07) is 6.29. The number of carbonyl (C=O) groups is 1. The molecule has 4 heteroatoms. The van der Waals surface area contributed by atoms with Crippen LogP contribution in [0.2, 0.25) is 0 Å². The molecule has 1 heterocycles. The number of nitrogens with one attached hydrogen (secondary N) is 2. The highest BCUT2D eigenvalue weighted by Crippen LogP contribution is 2.15. The maximum Gasteiger partial charge on any atom is 0.408 e. The number of rotatable bonds is 1. The lowest BCUT2D eigenvalue weighted by atomic mass is 9.99. The molecule has 0 unspecified atom stereocenters. The van der Waals surface area contributed by atoms with Crippen LogP contribution in [0.4, 0.5) is 4.79 Å². The van der Waals surface area contributed by atoms with E-state index >= 15 is 0 Å². The number of hydrogen-bond donors (Lipinski definition) is 2. The Bertz CT molecular complexity index is 577. The van der Waals surface area contributed by atoms with Gasteiger partial charge in [-0.25, -0.2) is 4.79 Å². The van der Waals surface area contributed by atoms with Gasteiger partial charge in [-0.2, -0.15) is 0 Å². The van der Waals surface area contributed by atoms with Gasteiger partial charge >= 0.3 is 6.09 Å². The molecular weight excluding hydrogens is 264 g/mol. The molecule has 0 atom stereocenters. The maximum absolute atomic E-state index is 11.5. The van der Waals surface area contributed by atoms with Gasteiger partial charge in [0.05, 0.1) is 6.54 Å². The predicted molar refractivity (Wildman–Crippen MR) is 83.0 cm³/mol. The molecule has 1 aliphatic heterocycles. The zero-order valence-corrected chi connectivity index (χ0v) is 12.9. The quantitative estimate of drug-likeness (QED) is 0.778. The first kappa shape index (κ1) is 15.4. The Morgan fingerprint density at radius 1 is 1.38 bits per heavy atom. The van der Waals surface area contributed by atoms with Crippen molar-refractivity contribution in [2.24, 2.45) is 0 Å². The van der Waals surface area contributed by atoms with Crippen LogP contribution in [0.1, 0.15) is 37.5 Å². The highest BCUT2D eigenvalue weighted by Gasteiger charge is 2.15. The Morgan fingerprint density at radius 2 is 2.19 bits per heavy atom. The molecule has 1 aromatic carbocycles. The van der Waals surface area contributed by atoms with Crippen molar-refractivity contribution in [2.45, 2.75) is 39.3 Å². The highest BCUT2D eigenvalue weighted by atomic mass is 16.6. The van der Waals surface area contributed by atoms with Gasteiger partial charge in [0.1, 0.15) is 5.60 Å². The summed E-state index contributed by atoms with van der Waals surface area (Å²) < 4.78 is 5.14. The molecule has 0 bridgehead atoms. The van der Waals surface area contributed by atoms with Crippen LogP contribution >= 0.6 is 0 Å². The van der Waals surface area contributed by atoms with Gasteiger partial charge < -0.3 is 15.4 Å². The van der Waals surface area contributed by atoms with Gasteiger partial charge in [0.25, 0.3) is 0 Å². The smallest absolute Gasteiger partial charge is 0.408 e. The molecule has 1 aromatic rings. The van der Waals surface area contributed by atoms with Gasteiger partial charge in [0.15, 0.2) is 0 Å². The molecule has 2 N–H and O–H groups in total. The van der Waals surface area contributed by atoms with E-state index in [9.17, 15) is 4.79 Å². The average Bonchev–Trinajstić information content (AvgIpc) is 2.41. The van der Waals surface area contributed by atoms with Crippen molar-refractivity contribution >= 4 is 6.09 Å². The second-order valence-electron chi connectivity index (χ2n) is 6.07. The number of ether oxygens (including phenoxy) is 1. The Kier molecular flexibility index (Phi) is 4.87. The number of hydrogen-bond acceptors (Lipinski definition) is 3. The van der Waals surface area contributed by atoms with E-state index in [4.69, 9.17) is 4.74 Å². The van der Waals surface area contributed by atoms with E-state index in [-0.39, 0.29) is 6.54 Å². The SMILES string of the molecule is CC(C)(C)OC(=O)NCC#Cc1ccc2c(c1)CNCC2. The van der Waals surface area contributed by atoms with Crippen molar-refractivity contribution in [2.75, 3.05) is 13.1 Å². The fraction of sp³-hybridized carbons (Fsp3) is 0.471. The summed E-state index contributed by atoms with van der Waals surface area (Å²) >= 11 is 0. The summed E-state index contributed by atoms with van der Waals surface area (Å²) in [5, 5.41) is 5.97. The van der Waals surface area contributed by atoms with Crippen molar-refractivity contribution in [3.05, 3.63) is 34.9 Å². The van der Waals surface area contributed by atoms with Crippen molar-refractivity contribution in [1.29, 1.82) is 0 Å². The standard InChI is InChI=1S/C17H22N2O2/c1-17(2,3)21-16(20)19-9-4-5-13-6-7-14-8-10-18-12-15(14)11-13/h6-7,11,18H,8-10,12H2,1-3H3,(H,19,20). The lowest BCUT2D eigenvalue weighted by Gasteiger charge is -2.19. The summed E-state index contributed by atoms with van der Waals surface area (Å²) in [7, 11) is 0. The molecule has 21 heavy (non-hydrogen) atoms. The van der Waals surface area contributed by atoms with Gasteiger partial charge in [-0.15, -0.1) is 0 Å². The first-order chi connectivity index (χ1) is 9.94. The molecule has 112 valence electrons. The van der Waals surface area contributed by atoms with Crippen LogP contribution in [0.25, 0.3) is 0 Å². The summed E-state index contributed by atoms with van der Waals surface area (Å²) in [6.45, 7) is 7.72. The Morgan fingerprint density at radius 3 is 2.95 bits per heavy atom. The van der Waals surface area contributed by atoms with Gasteiger partial charge in [-0.05, 0) is 57.0 Å². The van der Waals surface area contributed by atoms with E-state index in [1.807, 2.05) is 26.8 Å². The van der Waals surface area contributed by atoms with Gasteiger partial charge in [-0.1, -0.05) is 17.9 Å². The van der Waals surface area contributed by atoms with Crippen molar-refractivity contribution in [1.82, 2.24) is 10.6 Å². The first-order valence-corrected chi connectivity index (χ1v) is 7.22. The van der Waals surface area contributed by atoms with E-state index < -0.39 is 11.7 Å². The van der Waals surface area contributed by atoms with Crippen LogP contribution in [0.3, 0.4) is 0 Å². The fourth-order valence-corrected chi connectivity index (χ4v) is 2.14. The molecule has 0 aliphatic carbocycles. The molecule has 1 aliphatic rings. The Hall–Kier alpha value is -1.99. The van der Waals surface area contributed by atoms with Crippen LogP contribution in [-0.2, 0) is 17.7 Å². The fourth-order valence-electron chi connectivity index (χ4n) is 2.14. The minimum Gasteiger partial charge on any atom is -0.444 e. The first-order valence-electron chi connectivity index (χ1n) is 7.22. The Balaban J connectivity index is 1.87. The summed E-state index contributed by atoms with van der Waals surface area (Å²) in [6.07, 6.45) is 0.634. The molecule has 0 radical (unpaired) electrons. The van der Waals surface area contributed by atoms with E-state index in [1.54, 1.807) is 0 Å². The summed E-state index contributed by atoms with van der Waals surface area (Å²) in [5.74, 6) is 6.01. The summed E-state index contributed by atoms with van der Waals surface area (Å²) in [4.78, 5) is 11.5. The molecular formula is C17H22N2O2. The molecule has 4 nitrogen and oxygen atoms in total. The number of amides is 1. The number of benzene rings is 1. The topological polar surface area (TPSA) is 50.4 Å². The number of alkyl carbamates (subject to hydrolysis) is 1. The zero-order valence-electron chi connectivity index (χ0n) is 12.9. The third-order valence-corrected chi connectivity index (χ3v) is 3.05. The zero-order chi connectivity index (χ0) is 15.3. The average molecular weight is 286 g/mol. The van der Waals surface area contributed by atoms with Crippen LogP contribution in [0.15, 0.2) is 18.2 Å². The second-order valence-corrected chi connectivity index (χ2v) is 6.07. The third kappa shape index (κ3) is 5.13. The van der Waals surface area contributed by atoms with Crippen LogP contribution in [0.5, 0.6) is 0 Å². The van der Waals surface area contributed by atoms with Gasteiger partial charge in [0, 0.05) is 12.1 Å².